The molecular weight excluding hydrogens is 418 g/mol. The van der Waals surface area contributed by atoms with Crippen LogP contribution < -0.4 is 5.32 Å². The quantitative estimate of drug-likeness (QED) is 0.639. The number of methoxy groups -OCH3 is 1. The van der Waals surface area contributed by atoms with Crippen molar-refractivity contribution < 1.29 is 22.7 Å². The molecule has 1 aromatic carbocycles. The second-order valence-corrected chi connectivity index (χ2v) is 10.5. The van der Waals surface area contributed by atoms with Crippen molar-refractivity contribution in [3.63, 3.8) is 0 Å². The molecule has 8 nitrogen and oxygen atoms in total. The van der Waals surface area contributed by atoms with Crippen LogP contribution >= 0.6 is 0 Å². The standard InChI is InChI=1S/C22H33N3O5S/c1-5-6-13-25-20(26)19(16(2)3)23-22(25)11-14-24(15-12-22)31(28,29)18-10-8-7-9-17(18)21(27)30-4/h7-10,16,19,23H,5-6,11-15H2,1-4H3. The fourth-order valence-electron chi connectivity index (χ4n) is 4.52. The maximum Gasteiger partial charge on any atom is 0.339 e. The van der Waals surface area contributed by atoms with Crippen molar-refractivity contribution in [2.24, 2.45) is 5.92 Å². The molecule has 2 aliphatic heterocycles. The lowest BCUT2D eigenvalue weighted by Gasteiger charge is -2.44. The van der Waals surface area contributed by atoms with Gasteiger partial charge in [0.2, 0.25) is 15.9 Å². The van der Waals surface area contributed by atoms with Crippen LogP contribution in [-0.2, 0) is 19.6 Å². The predicted molar refractivity (Wildman–Crippen MR) is 117 cm³/mol. The van der Waals surface area contributed by atoms with Crippen molar-refractivity contribution in [2.45, 2.75) is 63.1 Å². The first kappa shape index (κ1) is 23.7. The zero-order valence-corrected chi connectivity index (χ0v) is 19.6. The Morgan fingerprint density at radius 1 is 1.26 bits per heavy atom. The summed E-state index contributed by atoms with van der Waals surface area (Å²) in [5.41, 5.74) is -0.487. The zero-order chi connectivity index (χ0) is 22.8. The number of nitrogens with zero attached hydrogens (tertiary/aromatic N) is 2. The van der Waals surface area contributed by atoms with E-state index in [0.29, 0.717) is 19.4 Å². The molecule has 0 saturated carbocycles. The van der Waals surface area contributed by atoms with Crippen LogP contribution in [0.3, 0.4) is 0 Å². The lowest BCUT2D eigenvalue weighted by Crippen LogP contribution is -2.59. The van der Waals surface area contributed by atoms with Gasteiger partial charge >= 0.3 is 5.97 Å². The van der Waals surface area contributed by atoms with E-state index < -0.39 is 21.7 Å². The molecule has 172 valence electrons. The van der Waals surface area contributed by atoms with Crippen molar-refractivity contribution in [2.75, 3.05) is 26.7 Å². The average Bonchev–Trinajstić information content (AvgIpc) is 3.03. The highest BCUT2D eigenvalue weighted by Crippen LogP contribution is 2.36. The first-order valence-corrected chi connectivity index (χ1v) is 12.4. The molecule has 2 heterocycles. The number of sulfonamides is 1. The summed E-state index contributed by atoms with van der Waals surface area (Å²) in [6.07, 6.45) is 2.90. The van der Waals surface area contributed by atoms with Crippen molar-refractivity contribution in [3.8, 4) is 0 Å². The molecule has 0 bridgehead atoms. The van der Waals surface area contributed by atoms with Gasteiger partial charge in [0.15, 0.2) is 0 Å². The van der Waals surface area contributed by atoms with Crippen LogP contribution in [0.15, 0.2) is 29.2 Å². The topological polar surface area (TPSA) is 96.0 Å². The van der Waals surface area contributed by atoms with Crippen LogP contribution in [0.2, 0.25) is 0 Å². The number of amides is 1. The Balaban J connectivity index is 1.84. The van der Waals surface area contributed by atoms with Crippen LogP contribution in [0.4, 0.5) is 0 Å². The Morgan fingerprint density at radius 2 is 1.90 bits per heavy atom. The monoisotopic (exact) mass is 451 g/mol. The first-order valence-electron chi connectivity index (χ1n) is 10.9. The lowest BCUT2D eigenvalue weighted by molar-refractivity contribution is -0.133. The van der Waals surface area contributed by atoms with Gasteiger partial charge in [-0.1, -0.05) is 39.3 Å². The van der Waals surface area contributed by atoms with Crippen LogP contribution in [0.5, 0.6) is 0 Å². The molecule has 0 aliphatic carbocycles. The van der Waals surface area contributed by atoms with Crippen LogP contribution in [-0.4, -0.2) is 67.9 Å². The summed E-state index contributed by atoms with van der Waals surface area (Å²) in [5.74, 6) is -0.415. The Hall–Kier alpha value is -1.97. The SMILES string of the molecule is CCCCN1C(=O)C(C(C)C)NC12CCN(S(=O)(=O)c1ccccc1C(=O)OC)CC2. The van der Waals surface area contributed by atoms with E-state index in [-0.39, 0.29) is 41.4 Å². The molecule has 9 heteroatoms. The highest BCUT2D eigenvalue weighted by molar-refractivity contribution is 7.89. The van der Waals surface area contributed by atoms with E-state index in [1.165, 1.54) is 23.5 Å². The molecule has 2 fully saturated rings. The minimum absolute atomic E-state index is 0.0314. The van der Waals surface area contributed by atoms with Gasteiger partial charge in [-0.3, -0.25) is 10.1 Å². The van der Waals surface area contributed by atoms with Gasteiger partial charge in [-0.15, -0.1) is 0 Å². The Morgan fingerprint density at radius 3 is 2.48 bits per heavy atom. The third-order valence-corrected chi connectivity index (χ3v) is 8.29. The largest absolute Gasteiger partial charge is 0.465 e. The normalized spacial score (nSPS) is 21.8. The first-order chi connectivity index (χ1) is 14.7. The highest BCUT2D eigenvalue weighted by Gasteiger charge is 2.52. The molecule has 2 aliphatic rings. The summed E-state index contributed by atoms with van der Waals surface area (Å²) in [5, 5.41) is 3.55. The number of carbonyl (C=O) groups is 2. The number of unbranched alkanes of at least 4 members (excludes halogenated alkanes) is 1. The molecule has 2 saturated heterocycles. The number of carbonyl (C=O) groups excluding carboxylic acids is 2. The third kappa shape index (κ3) is 4.36. The number of ether oxygens (including phenoxy) is 1. The zero-order valence-electron chi connectivity index (χ0n) is 18.8. The lowest BCUT2D eigenvalue weighted by atomic mass is 9.96. The van der Waals surface area contributed by atoms with Crippen LogP contribution in [0, 0.1) is 5.92 Å². The second kappa shape index (κ2) is 9.26. The summed E-state index contributed by atoms with van der Waals surface area (Å²) in [4.78, 5) is 27.0. The highest BCUT2D eigenvalue weighted by atomic mass is 32.2. The van der Waals surface area contributed by atoms with Crippen molar-refractivity contribution in [3.05, 3.63) is 29.8 Å². The second-order valence-electron chi connectivity index (χ2n) is 8.63. The van der Waals surface area contributed by atoms with Crippen molar-refractivity contribution >= 4 is 21.9 Å². The van der Waals surface area contributed by atoms with Gasteiger partial charge < -0.3 is 9.64 Å². The van der Waals surface area contributed by atoms with Crippen LogP contribution in [0.1, 0.15) is 56.8 Å². The summed E-state index contributed by atoms with van der Waals surface area (Å²) < 4.78 is 32.8. The Bertz CT molecular complexity index is 923. The van der Waals surface area contributed by atoms with Crippen LogP contribution in [0.25, 0.3) is 0 Å². The maximum atomic E-state index is 13.3. The summed E-state index contributed by atoms with van der Waals surface area (Å²) in [6, 6.07) is 5.86. The fraction of sp³-hybridized carbons (Fsp3) is 0.636. The van der Waals surface area contributed by atoms with Crippen molar-refractivity contribution in [1.82, 2.24) is 14.5 Å². The Labute approximate surface area is 185 Å². The Kier molecular flexibility index (Phi) is 7.08. The van der Waals surface area contributed by atoms with Gasteiger partial charge in [0.25, 0.3) is 0 Å². The molecule has 1 unspecified atom stereocenters. The van der Waals surface area contributed by atoms with E-state index in [9.17, 15) is 18.0 Å². The van der Waals surface area contributed by atoms with E-state index >= 15 is 0 Å². The smallest absolute Gasteiger partial charge is 0.339 e. The van der Waals surface area contributed by atoms with E-state index in [1.54, 1.807) is 12.1 Å². The van der Waals surface area contributed by atoms with Gasteiger partial charge in [-0.2, -0.15) is 4.31 Å². The summed E-state index contributed by atoms with van der Waals surface area (Å²) in [6.45, 7) is 7.35. The van der Waals surface area contributed by atoms with E-state index in [1.807, 2.05) is 18.7 Å². The van der Waals surface area contributed by atoms with E-state index in [4.69, 9.17) is 4.74 Å². The van der Waals surface area contributed by atoms with E-state index in [2.05, 4.69) is 12.2 Å². The number of esters is 1. The molecule has 1 N–H and O–H groups in total. The number of hydrogen-bond acceptors (Lipinski definition) is 6. The molecule has 3 rings (SSSR count). The number of nitrogens with one attached hydrogen (secondary N) is 1. The fourth-order valence-corrected chi connectivity index (χ4v) is 6.14. The number of rotatable bonds is 7. The number of piperidine rings is 1. The summed E-state index contributed by atoms with van der Waals surface area (Å²) >= 11 is 0. The van der Waals surface area contributed by atoms with E-state index in [0.717, 1.165) is 12.8 Å². The van der Waals surface area contributed by atoms with Gasteiger partial charge in [0.05, 0.1) is 29.3 Å². The molecule has 1 amide bonds. The van der Waals surface area contributed by atoms with Gasteiger partial charge in [-0.25, -0.2) is 13.2 Å². The third-order valence-electron chi connectivity index (χ3n) is 6.33. The van der Waals surface area contributed by atoms with Crippen molar-refractivity contribution in [1.29, 1.82) is 0 Å². The molecule has 0 aromatic heterocycles. The number of hydrogen-bond donors (Lipinski definition) is 1. The minimum Gasteiger partial charge on any atom is -0.465 e. The minimum atomic E-state index is -3.87. The average molecular weight is 452 g/mol. The number of benzene rings is 1. The predicted octanol–water partition coefficient (Wildman–Crippen LogP) is 2.21. The molecule has 1 atom stereocenters. The molecular formula is C22H33N3O5S. The molecule has 1 spiro atoms. The molecule has 1 aromatic rings. The van der Waals surface area contributed by atoms with Gasteiger partial charge in [0, 0.05) is 19.6 Å². The van der Waals surface area contributed by atoms with Gasteiger partial charge in [0.1, 0.15) is 0 Å². The summed E-state index contributed by atoms with van der Waals surface area (Å²) in [7, 11) is -2.64. The maximum absolute atomic E-state index is 13.3. The molecule has 0 radical (unpaired) electrons. The van der Waals surface area contributed by atoms with Gasteiger partial charge in [-0.05, 0) is 37.3 Å². The molecule has 31 heavy (non-hydrogen) atoms.